The zero-order valence-electron chi connectivity index (χ0n) is 9.45. The Hall–Kier alpha value is -1.20. The van der Waals surface area contributed by atoms with Gasteiger partial charge in [0.2, 0.25) is 5.91 Å². The Balaban J connectivity index is 1.91. The molecule has 0 aliphatic heterocycles. The van der Waals surface area contributed by atoms with E-state index in [-0.39, 0.29) is 11.3 Å². The van der Waals surface area contributed by atoms with Gasteiger partial charge in [-0.3, -0.25) is 4.79 Å². The van der Waals surface area contributed by atoms with Gasteiger partial charge in [-0.05, 0) is 36.9 Å². The van der Waals surface area contributed by atoms with Crippen LogP contribution in [0.2, 0.25) is 5.15 Å². The van der Waals surface area contributed by atoms with Crippen LogP contribution in [0.15, 0.2) is 12.1 Å². The summed E-state index contributed by atoms with van der Waals surface area (Å²) < 4.78 is 0. The third-order valence-corrected chi connectivity index (χ3v) is 3.48. The van der Waals surface area contributed by atoms with E-state index in [1.54, 1.807) is 12.1 Å². The summed E-state index contributed by atoms with van der Waals surface area (Å²) in [5, 5.41) is 10.4. The van der Waals surface area contributed by atoms with Crippen molar-refractivity contribution in [2.75, 3.05) is 11.9 Å². The molecule has 3 N–H and O–H groups in total. The number of carbonyl (C=O) groups is 1. The van der Waals surface area contributed by atoms with Crippen LogP contribution in [0, 0.1) is 5.41 Å². The topological polar surface area (TPSA) is 80.9 Å². The van der Waals surface area contributed by atoms with Gasteiger partial charge in [0.25, 0.3) is 0 Å². The summed E-state index contributed by atoms with van der Waals surface area (Å²) in [6.07, 6.45) is 3.67. The van der Waals surface area contributed by atoms with Crippen molar-refractivity contribution >= 4 is 23.3 Å². The minimum absolute atomic E-state index is 0.00391. The van der Waals surface area contributed by atoms with Gasteiger partial charge in [0.05, 0.1) is 0 Å². The average Bonchev–Trinajstić information content (AvgIpc) is 2.27. The minimum atomic E-state index is -0.0632. The van der Waals surface area contributed by atoms with Gasteiger partial charge in [0.1, 0.15) is 0 Å². The van der Waals surface area contributed by atoms with E-state index in [9.17, 15) is 4.79 Å². The van der Waals surface area contributed by atoms with Gasteiger partial charge in [-0.15, -0.1) is 10.2 Å². The number of anilines is 1. The van der Waals surface area contributed by atoms with Crippen molar-refractivity contribution in [1.82, 2.24) is 10.2 Å². The molecule has 6 heteroatoms. The van der Waals surface area contributed by atoms with Gasteiger partial charge in [-0.2, -0.15) is 0 Å². The molecule has 1 aliphatic carbocycles. The molecule has 17 heavy (non-hydrogen) atoms. The molecular weight excluding hydrogens is 240 g/mol. The number of halogens is 1. The summed E-state index contributed by atoms with van der Waals surface area (Å²) in [6, 6.07) is 3.22. The van der Waals surface area contributed by atoms with Crippen LogP contribution in [0.4, 0.5) is 5.82 Å². The van der Waals surface area contributed by atoms with Gasteiger partial charge >= 0.3 is 0 Å². The molecule has 1 aromatic rings. The van der Waals surface area contributed by atoms with Crippen molar-refractivity contribution in [3.63, 3.8) is 0 Å². The Morgan fingerprint density at radius 3 is 2.71 bits per heavy atom. The fourth-order valence-electron chi connectivity index (χ4n) is 2.04. The summed E-state index contributed by atoms with van der Waals surface area (Å²) >= 11 is 5.61. The molecule has 0 radical (unpaired) electrons. The predicted molar refractivity (Wildman–Crippen MR) is 65.6 cm³/mol. The third kappa shape index (κ3) is 2.92. The molecule has 0 spiro atoms. The standard InChI is InChI=1S/C11H15ClN4O/c12-8-2-3-9(16-15-8)14-10(17)6-11(7-13)4-1-5-11/h2-3H,1,4-7,13H2,(H,14,16,17). The summed E-state index contributed by atoms with van der Waals surface area (Å²) in [6.45, 7) is 0.562. The summed E-state index contributed by atoms with van der Waals surface area (Å²) in [5.74, 6) is 0.359. The van der Waals surface area contributed by atoms with Crippen LogP contribution in [0.1, 0.15) is 25.7 Å². The zero-order chi connectivity index (χ0) is 12.3. The molecule has 1 aliphatic rings. The first-order valence-corrected chi connectivity index (χ1v) is 6.00. The average molecular weight is 255 g/mol. The van der Waals surface area contributed by atoms with Gasteiger partial charge in [0, 0.05) is 6.42 Å². The lowest BCUT2D eigenvalue weighted by molar-refractivity contribution is -0.119. The monoisotopic (exact) mass is 254 g/mol. The number of amides is 1. The van der Waals surface area contributed by atoms with E-state index in [0.717, 1.165) is 19.3 Å². The number of rotatable bonds is 4. The number of nitrogens with zero attached hydrogens (tertiary/aromatic N) is 2. The molecule has 0 unspecified atom stereocenters. The molecule has 5 nitrogen and oxygen atoms in total. The molecule has 0 saturated heterocycles. The molecule has 0 aromatic carbocycles. The Kier molecular flexibility index (Phi) is 3.59. The molecule has 0 atom stereocenters. The second kappa shape index (κ2) is 4.98. The maximum absolute atomic E-state index is 11.8. The second-order valence-corrected chi connectivity index (χ2v) is 4.91. The van der Waals surface area contributed by atoms with E-state index in [1.807, 2.05) is 0 Å². The Bertz CT molecular complexity index is 397. The normalized spacial score (nSPS) is 17.3. The van der Waals surface area contributed by atoms with Crippen molar-refractivity contribution in [3.05, 3.63) is 17.3 Å². The first-order valence-electron chi connectivity index (χ1n) is 5.63. The van der Waals surface area contributed by atoms with E-state index in [4.69, 9.17) is 17.3 Å². The lowest BCUT2D eigenvalue weighted by atomic mass is 9.66. The first kappa shape index (κ1) is 12.3. The van der Waals surface area contributed by atoms with E-state index in [1.165, 1.54) is 0 Å². The maximum Gasteiger partial charge on any atom is 0.226 e. The number of nitrogens with two attached hydrogens (primary N) is 1. The highest BCUT2D eigenvalue weighted by Gasteiger charge is 2.37. The fourth-order valence-corrected chi connectivity index (χ4v) is 2.14. The van der Waals surface area contributed by atoms with Crippen molar-refractivity contribution < 1.29 is 4.79 Å². The van der Waals surface area contributed by atoms with Crippen LogP contribution in [-0.4, -0.2) is 22.6 Å². The van der Waals surface area contributed by atoms with E-state index < -0.39 is 0 Å². The van der Waals surface area contributed by atoms with Crippen molar-refractivity contribution in [1.29, 1.82) is 0 Å². The van der Waals surface area contributed by atoms with Crippen LogP contribution in [-0.2, 0) is 4.79 Å². The molecule has 2 rings (SSSR count). The van der Waals surface area contributed by atoms with Crippen LogP contribution >= 0.6 is 11.6 Å². The Morgan fingerprint density at radius 2 is 2.24 bits per heavy atom. The number of carbonyl (C=O) groups excluding carboxylic acids is 1. The zero-order valence-corrected chi connectivity index (χ0v) is 10.2. The van der Waals surface area contributed by atoms with Crippen LogP contribution in [0.25, 0.3) is 0 Å². The highest BCUT2D eigenvalue weighted by atomic mass is 35.5. The van der Waals surface area contributed by atoms with Gasteiger partial charge in [-0.25, -0.2) is 0 Å². The lowest BCUT2D eigenvalue weighted by Crippen LogP contribution is -2.40. The van der Waals surface area contributed by atoms with Gasteiger partial charge in [-0.1, -0.05) is 18.0 Å². The van der Waals surface area contributed by atoms with E-state index >= 15 is 0 Å². The molecule has 1 amide bonds. The second-order valence-electron chi connectivity index (χ2n) is 4.52. The highest BCUT2D eigenvalue weighted by Crippen LogP contribution is 2.42. The lowest BCUT2D eigenvalue weighted by Gasteiger charge is -2.40. The van der Waals surface area contributed by atoms with Crippen LogP contribution < -0.4 is 11.1 Å². The Labute approximate surface area is 105 Å². The molecular formula is C11H15ClN4O. The quantitative estimate of drug-likeness (QED) is 0.855. The third-order valence-electron chi connectivity index (χ3n) is 3.28. The predicted octanol–water partition coefficient (Wildman–Crippen LogP) is 1.59. The smallest absolute Gasteiger partial charge is 0.226 e. The van der Waals surface area contributed by atoms with E-state index in [2.05, 4.69) is 15.5 Å². The van der Waals surface area contributed by atoms with Crippen molar-refractivity contribution in [2.24, 2.45) is 11.1 Å². The Morgan fingerprint density at radius 1 is 1.47 bits per heavy atom. The largest absolute Gasteiger partial charge is 0.330 e. The fraction of sp³-hybridized carbons (Fsp3) is 0.545. The first-order chi connectivity index (χ1) is 8.13. The molecule has 1 saturated carbocycles. The van der Waals surface area contributed by atoms with Crippen LogP contribution in [0.3, 0.4) is 0 Å². The van der Waals surface area contributed by atoms with E-state index in [0.29, 0.717) is 23.9 Å². The number of aromatic nitrogens is 2. The molecule has 1 fully saturated rings. The summed E-state index contributed by atoms with van der Waals surface area (Å²) in [7, 11) is 0. The summed E-state index contributed by atoms with van der Waals surface area (Å²) in [5.41, 5.74) is 5.71. The summed E-state index contributed by atoms with van der Waals surface area (Å²) in [4.78, 5) is 11.8. The molecule has 92 valence electrons. The SMILES string of the molecule is NCC1(CC(=O)Nc2ccc(Cl)nn2)CCC1. The number of hydrogen-bond donors (Lipinski definition) is 2. The molecule has 0 bridgehead atoms. The highest BCUT2D eigenvalue weighted by molar-refractivity contribution is 6.29. The van der Waals surface area contributed by atoms with Gasteiger partial charge in [0.15, 0.2) is 11.0 Å². The van der Waals surface area contributed by atoms with Gasteiger partial charge < -0.3 is 11.1 Å². The molecule has 1 heterocycles. The maximum atomic E-state index is 11.8. The van der Waals surface area contributed by atoms with Crippen molar-refractivity contribution in [2.45, 2.75) is 25.7 Å². The minimum Gasteiger partial charge on any atom is -0.330 e. The van der Waals surface area contributed by atoms with Crippen molar-refractivity contribution in [3.8, 4) is 0 Å². The number of hydrogen-bond acceptors (Lipinski definition) is 4. The molecule has 1 aromatic heterocycles. The number of nitrogens with one attached hydrogen (secondary N) is 1. The van der Waals surface area contributed by atoms with Crippen LogP contribution in [0.5, 0.6) is 0 Å².